The highest BCUT2D eigenvalue weighted by atomic mass is 32.1. The van der Waals surface area contributed by atoms with Crippen LogP contribution in [0.5, 0.6) is 0 Å². The van der Waals surface area contributed by atoms with Crippen molar-refractivity contribution >= 4 is 17.1 Å². The van der Waals surface area contributed by atoms with Crippen molar-refractivity contribution in [1.82, 2.24) is 5.32 Å². The maximum absolute atomic E-state index is 12.1. The fraction of sp³-hybridized carbons (Fsp3) is 0.375. The second kappa shape index (κ2) is 4.10. The van der Waals surface area contributed by atoms with E-state index < -0.39 is 11.1 Å². The van der Waals surface area contributed by atoms with Gasteiger partial charge in [0.25, 0.3) is 0 Å². The lowest BCUT2D eigenvalue weighted by molar-refractivity contribution is -0.134. The monoisotopic (exact) mass is 223 g/mol. The van der Waals surface area contributed by atoms with Gasteiger partial charge < -0.3 is 5.32 Å². The van der Waals surface area contributed by atoms with Crippen molar-refractivity contribution in [3.8, 4) is 0 Å². The standard InChI is InChI=1S/C8H8F3NOS/c1-12-4-5(13)6-2-3-7(14-6)8(9,10)11/h2-3,12H,4H2,1H3. The van der Waals surface area contributed by atoms with E-state index in [1.165, 1.54) is 6.07 Å². The van der Waals surface area contributed by atoms with Crippen LogP contribution in [0.15, 0.2) is 12.1 Å². The summed E-state index contributed by atoms with van der Waals surface area (Å²) >= 11 is 0.473. The van der Waals surface area contributed by atoms with Crippen LogP contribution >= 0.6 is 11.3 Å². The average molecular weight is 223 g/mol. The molecule has 14 heavy (non-hydrogen) atoms. The highest BCUT2D eigenvalue weighted by Gasteiger charge is 2.32. The van der Waals surface area contributed by atoms with Crippen LogP contribution in [-0.4, -0.2) is 19.4 Å². The quantitative estimate of drug-likeness (QED) is 0.796. The van der Waals surface area contributed by atoms with Crippen LogP contribution < -0.4 is 5.32 Å². The summed E-state index contributed by atoms with van der Waals surface area (Å²) in [7, 11) is 1.57. The molecule has 0 saturated heterocycles. The van der Waals surface area contributed by atoms with E-state index in [4.69, 9.17) is 0 Å². The maximum Gasteiger partial charge on any atom is 0.425 e. The van der Waals surface area contributed by atoms with Crippen LogP contribution in [0.25, 0.3) is 0 Å². The Hall–Kier alpha value is -0.880. The van der Waals surface area contributed by atoms with Crippen molar-refractivity contribution in [2.45, 2.75) is 6.18 Å². The van der Waals surface area contributed by atoms with E-state index >= 15 is 0 Å². The summed E-state index contributed by atoms with van der Waals surface area (Å²) < 4.78 is 36.4. The van der Waals surface area contributed by atoms with Crippen molar-refractivity contribution in [2.75, 3.05) is 13.6 Å². The zero-order valence-corrected chi connectivity index (χ0v) is 8.13. The van der Waals surface area contributed by atoms with Gasteiger partial charge in [0.15, 0.2) is 5.78 Å². The zero-order valence-electron chi connectivity index (χ0n) is 7.31. The number of nitrogens with one attached hydrogen (secondary N) is 1. The molecule has 0 saturated carbocycles. The summed E-state index contributed by atoms with van der Waals surface area (Å²) in [4.78, 5) is 10.6. The molecule has 0 aliphatic carbocycles. The van der Waals surface area contributed by atoms with Gasteiger partial charge in [0.1, 0.15) is 4.88 Å². The highest BCUT2D eigenvalue weighted by molar-refractivity contribution is 7.14. The van der Waals surface area contributed by atoms with E-state index in [9.17, 15) is 18.0 Å². The Morgan fingerprint density at radius 1 is 1.50 bits per heavy atom. The molecule has 0 spiro atoms. The molecule has 0 aromatic carbocycles. The van der Waals surface area contributed by atoms with Crippen molar-refractivity contribution in [1.29, 1.82) is 0 Å². The predicted octanol–water partition coefficient (Wildman–Crippen LogP) is 2.17. The lowest BCUT2D eigenvalue weighted by Gasteiger charge is -2.00. The third-order valence-corrected chi connectivity index (χ3v) is 2.67. The van der Waals surface area contributed by atoms with E-state index in [0.717, 1.165) is 6.07 Å². The SMILES string of the molecule is CNCC(=O)c1ccc(C(F)(F)F)s1. The Morgan fingerprint density at radius 3 is 2.57 bits per heavy atom. The second-order valence-electron chi connectivity index (χ2n) is 2.62. The summed E-state index contributed by atoms with van der Waals surface area (Å²) in [5.74, 6) is -0.326. The first kappa shape index (κ1) is 11.2. The first-order valence-electron chi connectivity index (χ1n) is 3.80. The van der Waals surface area contributed by atoms with E-state index in [1.54, 1.807) is 7.05 Å². The largest absolute Gasteiger partial charge is 0.425 e. The Kier molecular flexibility index (Phi) is 3.28. The van der Waals surface area contributed by atoms with Crippen molar-refractivity contribution < 1.29 is 18.0 Å². The molecule has 78 valence electrons. The first-order chi connectivity index (χ1) is 6.45. The topological polar surface area (TPSA) is 29.1 Å². The Morgan fingerprint density at radius 2 is 2.14 bits per heavy atom. The van der Waals surface area contributed by atoms with Gasteiger partial charge in [-0.2, -0.15) is 13.2 Å². The molecule has 1 N–H and O–H groups in total. The average Bonchev–Trinajstić information content (AvgIpc) is 2.51. The molecule has 0 amide bonds. The summed E-state index contributed by atoms with van der Waals surface area (Å²) in [5.41, 5.74) is 0. The van der Waals surface area contributed by atoms with E-state index in [2.05, 4.69) is 5.32 Å². The van der Waals surface area contributed by atoms with E-state index in [0.29, 0.717) is 11.3 Å². The number of hydrogen-bond donors (Lipinski definition) is 1. The Balaban J connectivity index is 2.83. The molecule has 0 bridgehead atoms. The number of thiophene rings is 1. The number of halogens is 3. The third kappa shape index (κ3) is 2.55. The maximum atomic E-state index is 12.1. The molecular formula is C8H8F3NOS. The first-order valence-corrected chi connectivity index (χ1v) is 4.61. The number of alkyl halides is 3. The summed E-state index contributed by atoms with van der Waals surface area (Å²) in [6.07, 6.45) is -4.36. The number of Topliss-reactive ketones (excluding diaryl/α,β-unsaturated/α-hetero) is 1. The van der Waals surface area contributed by atoms with Crippen LogP contribution in [0.1, 0.15) is 14.5 Å². The number of likely N-dealkylation sites (N-methyl/N-ethyl adjacent to an activating group) is 1. The van der Waals surface area contributed by atoms with Gasteiger partial charge >= 0.3 is 6.18 Å². The zero-order chi connectivity index (χ0) is 10.8. The molecule has 2 nitrogen and oxygen atoms in total. The lowest BCUT2D eigenvalue weighted by Crippen LogP contribution is -2.17. The molecule has 0 aliphatic heterocycles. The van der Waals surface area contributed by atoms with Gasteiger partial charge in [-0.1, -0.05) is 0 Å². The van der Waals surface area contributed by atoms with Crippen LogP contribution in [0, 0.1) is 0 Å². The molecule has 0 unspecified atom stereocenters. The summed E-state index contributed by atoms with van der Waals surface area (Å²) in [6.45, 7) is 0.0534. The normalized spacial score (nSPS) is 11.7. The lowest BCUT2D eigenvalue weighted by atomic mass is 10.3. The molecule has 0 fully saturated rings. The van der Waals surface area contributed by atoms with Gasteiger partial charge in [0.05, 0.1) is 11.4 Å². The molecule has 1 heterocycles. The van der Waals surface area contributed by atoms with Crippen LogP contribution in [-0.2, 0) is 6.18 Å². The molecule has 1 aromatic heterocycles. The van der Waals surface area contributed by atoms with Crippen molar-refractivity contribution in [3.05, 3.63) is 21.9 Å². The van der Waals surface area contributed by atoms with Crippen LogP contribution in [0.4, 0.5) is 13.2 Å². The molecule has 6 heteroatoms. The Bertz CT molecular complexity index is 332. The summed E-state index contributed by atoms with van der Waals surface area (Å²) in [6, 6.07) is 2.13. The highest BCUT2D eigenvalue weighted by Crippen LogP contribution is 2.34. The Labute approximate surface area is 82.7 Å². The fourth-order valence-corrected chi connectivity index (χ4v) is 1.70. The van der Waals surface area contributed by atoms with Gasteiger partial charge in [-0.05, 0) is 19.2 Å². The third-order valence-electron chi connectivity index (χ3n) is 1.50. The number of ketones is 1. The van der Waals surface area contributed by atoms with Gasteiger partial charge in [-0.15, -0.1) is 11.3 Å². The van der Waals surface area contributed by atoms with E-state index in [-0.39, 0.29) is 17.2 Å². The molecule has 1 aromatic rings. The predicted molar refractivity (Wildman–Crippen MR) is 47.6 cm³/mol. The molecule has 0 radical (unpaired) electrons. The van der Waals surface area contributed by atoms with Gasteiger partial charge in [-0.25, -0.2) is 0 Å². The second-order valence-corrected chi connectivity index (χ2v) is 3.70. The van der Waals surface area contributed by atoms with E-state index in [1.807, 2.05) is 0 Å². The van der Waals surface area contributed by atoms with Crippen molar-refractivity contribution in [2.24, 2.45) is 0 Å². The van der Waals surface area contributed by atoms with Gasteiger partial charge in [0.2, 0.25) is 0 Å². The van der Waals surface area contributed by atoms with Gasteiger partial charge in [-0.3, -0.25) is 4.79 Å². The molecule has 0 atom stereocenters. The summed E-state index contributed by atoms with van der Waals surface area (Å²) in [5, 5.41) is 2.59. The minimum atomic E-state index is -4.36. The molecule has 1 rings (SSSR count). The van der Waals surface area contributed by atoms with Crippen molar-refractivity contribution in [3.63, 3.8) is 0 Å². The number of hydrogen-bond acceptors (Lipinski definition) is 3. The van der Waals surface area contributed by atoms with Gasteiger partial charge in [0, 0.05) is 0 Å². The minimum Gasteiger partial charge on any atom is -0.313 e. The van der Waals surface area contributed by atoms with Crippen LogP contribution in [0.2, 0.25) is 0 Å². The minimum absolute atomic E-state index is 0.0534. The van der Waals surface area contributed by atoms with Crippen LogP contribution in [0.3, 0.4) is 0 Å². The number of carbonyl (C=O) groups excluding carboxylic acids is 1. The number of carbonyl (C=O) groups is 1. The molecular weight excluding hydrogens is 215 g/mol. The molecule has 0 aliphatic rings. The fourth-order valence-electron chi connectivity index (χ4n) is 0.888. The smallest absolute Gasteiger partial charge is 0.313 e. The number of rotatable bonds is 3.